The van der Waals surface area contributed by atoms with Crippen LogP contribution in [0.5, 0.6) is 0 Å². The van der Waals surface area contributed by atoms with Crippen LogP contribution in [0.3, 0.4) is 0 Å². The van der Waals surface area contributed by atoms with Gasteiger partial charge in [0.1, 0.15) is 0 Å². The predicted octanol–water partition coefficient (Wildman–Crippen LogP) is 2.53. The van der Waals surface area contributed by atoms with Crippen LogP contribution in [0.25, 0.3) is 0 Å². The maximum atomic E-state index is 5.26. The summed E-state index contributed by atoms with van der Waals surface area (Å²) < 4.78 is 5.26. The van der Waals surface area contributed by atoms with Crippen LogP contribution in [0.15, 0.2) is 29.9 Å². The summed E-state index contributed by atoms with van der Waals surface area (Å²) in [6.07, 6.45) is 5.28. The average molecular weight is 153 g/mol. The van der Waals surface area contributed by atoms with E-state index in [2.05, 4.69) is 11.6 Å². The van der Waals surface area contributed by atoms with Crippen molar-refractivity contribution in [3.63, 3.8) is 0 Å². The fraction of sp³-hybridized carbons (Fsp3) is 0.444. The van der Waals surface area contributed by atoms with Crippen molar-refractivity contribution in [3.05, 3.63) is 24.9 Å². The molecule has 0 rings (SSSR count). The first-order chi connectivity index (χ1) is 5.16. The Morgan fingerprint density at radius 2 is 2.18 bits per heavy atom. The molecule has 62 valence electrons. The molecule has 2 nitrogen and oxygen atoms in total. The normalized spacial score (nSPS) is 12.5. The topological polar surface area (TPSA) is 21.6 Å². The second kappa shape index (κ2) is 5.71. The molecule has 0 aliphatic heterocycles. The first-order valence-corrected chi connectivity index (χ1v) is 3.65. The summed E-state index contributed by atoms with van der Waals surface area (Å²) in [7, 11) is 0. The van der Waals surface area contributed by atoms with Crippen LogP contribution in [-0.4, -0.2) is 12.0 Å². The molecule has 0 fully saturated rings. The van der Waals surface area contributed by atoms with Crippen LogP contribution < -0.4 is 0 Å². The third-order valence-electron chi connectivity index (χ3n) is 0.885. The van der Waals surface area contributed by atoms with E-state index < -0.39 is 0 Å². The third-order valence-corrected chi connectivity index (χ3v) is 0.885. The van der Waals surface area contributed by atoms with Crippen molar-refractivity contribution in [1.82, 2.24) is 0 Å². The molecule has 0 aromatic rings. The van der Waals surface area contributed by atoms with E-state index in [4.69, 9.17) is 4.74 Å². The Hall–Kier alpha value is -1.05. The number of allylic oxidation sites excluding steroid dienone is 2. The minimum atomic E-state index is 0.191. The standard InChI is InChI=1S/C9H15NO/c1-5-6-7-10-9(4)11-8(2)3/h5-8H,1H2,2-4H3/b7-6-,10-9?. The van der Waals surface area contributed by atoms with Crippen molar-refractivity contribution >= 4 is 5.90 Å². The molecule has 0 atom stereocenters. The Balaban J connectivity index is 3.80. The highest BCUT2D eigenvalue weighted by atomic mass is 16.5. The lowest BCUT2D eigenvalue weighted by Gasteiger charge is -2.06. The molecule has 0 saturated heterocycles. The molecule has 0 saturated carbocycles. The highest BCUT2D eigenvalue weighted by molar-refractivity contribution is 5.73. The maximum Gasteiger partial charge on any atom is 0.184 e. The maximum absolute atomic E-state index is 5.26. The largest absolute Gasteiger partial charge is 0.478 e. The van der Waals surface area contributed by atoms with E-state index in [0.29, 0.717) is 5.90 Å². The summed E-state index contributed by atoms with van der Waals surface area (Å²) in [5, 5.41) is 0. The first kappa shape index (κ1) is 9.95. The van der Waals surface area contributed by atoms with Gasteiger partial charge in [-0.25, -0.2) is 4.99 Å². The summed E-state index contributed by atoms with van der Waals surface area (Å²) in [4.78, 5) is 4.00. The van der Waals surface area contributed by atoms with Gasteiger partial charge < -0.3 is 4.74 Å². The summed E-state index contributed by atoms with van der Waals surface area (Å²) >= 11 is 0. The lowest BCUT2D eigenvalue weighted by atomic mass is 10.5. The van der Waals surface area contributed by atoms with E-state index in [-0.39, 0.29) is 6.10 Å². The molecule has 0 unspecified atom stereocenters. The Bertz CT molecular complexity index is 168. The van der Waals surface area contributed by atoms with E-state index in [1.54, 1.807) is 18.4 Å². The molecule has 0 aromatic carbocycles. The van der Waals surface area contributed by atoms with E-state index >= 15 is 0 Å². The van der Waals surface area contributed by atoms with E-state index in [1.165, 1.54) is 0 Å². The first-order valence-electron chi connectivity index (χ1n) is 3.65. The fourth-order valence-corrected chi connectivity index (χ4v) is 0.580. The summed E-state index contributed by atoms with van der Waals surface area (Å²) in [6.45, 7) is 9.29. The van der Waals surface area contributed by atoms with Gasteiger partial charge in [0.25, 0.3) is 0 Å². The van der Waals surface area contributed by atoms with Gasteiger partial charge >= 0.3 is 0 Å². The molecule has 0 N–H and O–H groups in total. The van der Waals surface area contributed by atoms with Gasteiger partial charge in [0.2, 0.25) is 0 Å². The van der Waals surface area contributed by atoms with Crippen LogP contribution >= 0.6 is 0 Å². The number of ether oxygens (including phenoxy) is 1. The molecule has 2 heteroatoms. The van der Waals surface area contributed by atoms with Crippen LogP contribution in [0.1, 0.15) is 20.8 Å². The van der Waals surface area contributed by atoms with Crippen molar-refractivity contribution in [2.45, 2.75) is 26.9 Å². The number of aliphatic imine (C=N–C) groups is 1. The van der Waals surface area contributed by atoms with Gasteiger partial charge in [-0.1, -0.05) is 12.7 Å². The zero-order valence-corrected chi connectivity index (χ0v) is 7.37. The van der Waals surface area contributed by atoms with E-state index in [0.717, 1.165) is 0 Å². The Kier molecular flexibility index (Phi) is 5.17. The molecular formula is C9H15NO. The zero-order chi connectivity index (χ0) is 8.69. The van der Waals surface area contributed by atoms with Gasteiger partial charge in [0.05, 0.1) is 6.10 Å². The zero-order valence-electron chi connectivity index (χ0n) is 7.37. The molecule has 0 aliphatic rings. The second-order valence-electron chi connectivity index (χ2n) is 2.39. The van der Waals surface area contributed by atoms with Crippen LogP contribution in [0, 0.1) is 0 Å². The lowest BCUT2D eigenvalue weighted by Crippen LogP contribution is -2.07. The van der Waals surface area contributed by atoms with Crippen molar-refractivity contribution in [2.24, 2.45) is 4.99 Å². The summed E-state index contributed by atoms with van der Waals surface area (Å²) in [6, 6.07) is 0. The number of rotatable bonds is 3. The predicted molar refractivity (Wildman–Crippen MR) is 48.7 cm³/mol. The smallest absolute Gasteiger partial charge is 0.184 e. The SMILES string of the molecule is C=C/C=C\N=C(C)OC(C)C. The number of hydrogen-bond acceptors (Lipinski definition) is 2. The summed E-state index contributed by atoms with van der Waals surface area (Å²) in [5.41, 5.74) is 0. The van der Waals surface area contributed by atoms with Gasteiger partial charge in [0, 0.05) is 13.1 Å². The van der Waals surface area contributed by atoms with Crippen LogP contribution in [0.2, 0.25) is 0 Å². The number of hydrogen-bond donors (Lipinski definition) is 0. The minimum Gasteiger partial charge on any atom is -0.478 e. The van der Waals surface area contributed by atoms with Crippen molar-refractivity contribution in [1.29, 1.82) is 0 Å². The highest BCUT2D eigenvalue weighted by Crippen LogP contribution is 1.91. The molecular weight excluding hydrogens is 138 g/mol. The quantitative estimate of drug-likeness (QED) is 0.347. The minimum absolute atomic E-state index is 0.191. The highest BCUT2D eigenvalue weighted by Gasteiger charge is 1.92. The van der Waals surface area contributed by atoms with Gasteiger partial charge in [-0.2, -0.15) is 0 Å². The second-order valence-corrected chi connectivity index (χ2v) is 2.39. The number of nitrogens with zero attached hydrogens (tertiary/aromatic N) is 1. The molecule has 0 amide bonds. The fourth-order valence-electron chi connectivity index (χ4n) is 0.580. The molecule has 0 heterocycles. The van der Waals surface area contributed by atoms with Gasteiger partial charge in [-0.15, -0.1) is 0 Å². The van der Waals surface area contributed by atoms with Crippen LogP contribution in [0.4, 0.5) is 0 Å². The molecule has 0 aliphatic carbocycles. The summed E-state index contributed by atoms with van der Waals surface area (Å²) in [5.74, 6) is 0.679. The third kappa shape index (κ3) is 6.84. The van der Waals surface area contributed by atoms with Gasteiger partial charge in [-0.3, -0.25) is 0 Å². The lowest BCUT2D eigenvalue weighted by molar-refractivity contribution is 0.226. The Morgan fingerprint density at radius 3 is 2.64 bits per heavy atom. The van der Waals surface area contributed by atoms with Crippen molar-refractivity contribution in [3.8, 4) is 0 Å². The van der Waals surface area contributed by atoms with Crippen LogP contribution in [-0.2, 0) is 4.74 Å². The Labute approximate surface area is 68.3 Å². The monoisotopic (exact) mass is 153 g/mol. The molecule has 0 spiro atoms. The van der Waals surface area contributed by atoms with Crippen molar-refractivity contribution < 1.29 is 4.74 Å². The van der Waals surface area contributed by atoms with Crippen molar-refractivity contribution in [2.75, 3.05) is 0 Å². The molecule has 0 bridgehead atoms. The van der Waals surface area contributed by atoms with E-state index in [9.17, 15) is 0 Å². The van der Waals surface area contributed by atoms with Gasteiger partial charge in [0.15, 0.2) is 5.90 Å². The molecule has 0 radical (unpaired) electrons. The Morgan fingerprint density at radius 1 is 1.55 bits per heavy atom. The van der Waals surface area contributed by atoms with E-state index in [1.807, 2.05) is 20.8 Å². The molecule has 11 heavy (non-hydrogen) atoms. The molecule has 0 aromatic heterocycles. The van der Waals surface area contributed by atoms with Gasteiger partial charge in [-0.05, 0) is 19.9 Å². The average Bonchev–Trinajstić information content (AvgIpc) is 1.86.